The van der Waals surface area contributed by atoms with Crippen LogP contribution in [0.5, 0.6) is 0 Å². The van der Waals surface area contributed by atoms with Crippen LogP contribution in [0.3, 0.4) is 0 Å². The highest BCUT2D eigenvalue weighted by molar-refractivity contribution is 6.31. The quantitative estimate of drug-likeness (QED) is 0.645. The fourth-order valence-electron chi connectivity index (χ4n) is 1.50. The molecule has 4 nitrogen and oxygen atoms in total. The summed E-state index contributed by atoms with van der Waals surface area (Å²) >= 11 is 5.95. The Balaban J connectivity index is 2.35. The number of hydrogen-bond donors (Lipinski definition) is 1. The molecule has 1 amide bonds. The lowest BCUT2D eigenvalue weighted by Gasteiger charge is -2.06. The predicted octanol–water partition coefficient (Wildman–Crippen LogP) is 2.72. The van der Waals surface area contributed by atoms with Crippen molar-refractivity contribution < 1.29 is 14.3 Å². The molecule has 0 saturated heterocycles. The molecule has 19 heavy (non-hydrogen) atoms. The molecule has 1 N–H and O–H groups in total. The van der Waals surface area contributed by atoms with E-state index in [1.54, 1.807) is 25.1 Å². The van der Waals surface area contributed by atoms with Crippen molar-refractivity contribution in [2.75, 3.05) is 13.2 Å². The van der Waals surface area contributed by atoms with E-state index in [0.717, 1.165) is 5.56 Å². The van der Waals surface area contributed by atoms with Crippen molar-refractivity contribution in [2.45, 2.75) is 26.7 Å². The van der Waals surface area contributed by atoms with E-state index in [9.17, 15) is 9.59 Å². The molecule has 104 valence electrons. The minimum absolute atomic E-state index is 0.189. The van der Waals surface area contributed by atoms with Gasteiger partial charge < -0.3 is 10.1 Å². The van der Waals surface area contributed by atoms with Crippen molar-refractivity contribution in [2.24, 2.45) is 0 Å². The van der Waals surface area contributed by atoms with Gasteiger partial charge in [-0.15, -0.1) is 0 Å². The third kappa shape index (κ3) is 5.30. The van der Waals surface area contributed by atoms with Crippen molar-refractivity contribution in [1.82, 2.24) is 5.32 Å². The van der Waals surface area contributed by atoms with Crippen LogP contribution in [-0.4, -0.2) is 25.0 Å². The Hall–Kier alpha value is -1.55. The van der Waals surface area contributed by atoms with Crippen LogP contribution in [0.25, 0.3) is 0 Å². The van der Waals surface area contributed by atoms with E-state index >= 15 is 0 Å². The standard InChI is InChI=1S/C14H18ClNO3/c1-3-19-13(17)5-4-8-16-14(18)11-7-6-10(2)12(15)9-11/h6-7,9H,3-5,8H2,1-2H3,(H,16,18). The minimum atomic E-state index is -0.241. The Kier molecular flexibility index (Phi) is 6.36. The summed E-state index contributed by atoms with van der Waals surface area (Å²) in [5.41, 5.74) is 1.45. The maximum atomic E-state index is 11.8. The normalized spacial score (nSPS) is 10.1. The van der Waals surface area contributed by atoms with Gasteiger partial charge in [0.25, 0.3) is 5.91 Å². The molecule has 0 aromatic heterocycles. The number of halogens is 1. The summed E-state index contributed by atoms with van der Waals surface area (Å²) in [7, 11) is 0. The summed E-state index contributed by atoms with van der Waals surface area (Å²) < 4.78 is 4.79. The van der Waals surface area contributed by atoms with Gasteiger partial charge in [-0.3, -0.25) is 9.59 Å². The summed E-state index contributed by atoms with van der Waals surface area (Å²) in [5, 5.41) is 3.31. The molecule has 1 aromatic rings. The summed E-state index contributed by atoms with van der Waals surface area (Å²) in [6, 6.07) is 5.16. The van der Waals surface area contributed by atoms with Crippen LogP contribution < -0.4 is 5.32 Å². The van der Waals surface area contributed by atoms with Gasteiger partial charge in [-0.05, 0) is 38.0 Å². The molecule has 0 unspecified atom stereocenters. The van der Waals surface area contributed by atoms with Gasteiger partial charge in [0.05, 0.1) is 6.61 Å². The van der Waals surface area contributed by atoms with Gasteiger partial charge in [0.1, 0.15) is 0 Å². The monoisotopic (exact) mass is 283 g/mol. The number of hydrogen-bond acceptors (Lipinski definition) is 3. The summed E-state index contributed by atoms with van der Waals surface area (Å²) in [6.07, 6.45) is 0.868. The third-order valence-electron chi connectivity index (χ3n) is 2.58. The molecule has 0 atom stereocenters. The van der Waals surface area contributed by atoms with Crippen molar-refractivity contribution in [3.8, 4) is 0 Å². The molecule has 0 aliphatic rings. The highest BCUT2D eigenvalue weighted by atomic mass is 35.5. The second-order valence-corrected chi connectivity index (χ2v) is 4.54. The highest BCUT2D eigenvalue weighted by Crippen LogP contribution is 2.16. The number of ether oxygens (including phenoxy) is 1. The topological polar surface area (TPSA) is 55.4 Å². The number of benzene rings is 1. The molecule has 0 fully saturated rings. The summed E-state index contributed by atoms with van der Waals surface area (Å²) in [4.78, 5) is 22.9. The number of carbonyl (C=O) groups excluding carboxylic acids is 2. The van der Waals surface area contributed by atoms with Gasteiger partial charge in [-0.2, -0.15) is 0 Å². The first kappa shape index (κ1) is 15.5. The smallest absolute Gasteiger partial charge is 0.305 e. The Morgan fingerprint density at radius 1 is 1.37 bits per heavy atom. The lowest BCUT2D eigenvalue weighted by Crippen LogP contribution is -2.25. The molecule has 1 rings (SSSR count). The second-order valence-electron chi connectivity index (χ2n) is 4.13. The average molecular weight is 284 g/mol. The average Bonchev–Trinajstić information content (AvgIpc) is 2.38. The van der Waals surface area contributed by atoms with Crippen LogP contribution in [0, 0.1) is 6.92 Å². The first-order chi connectivity index (χ1) is 9.04. The summed E-state index contributed by atoms with van der Waals surface area (Å²) in [5.74, 6) is -0.430. The van der Waals surface area contributed by atoms with Gasteiger partial charge in [0.2, 0.25) is 0 Å². The van der Waals surface area contributed by atoms with E-state index in [1.165, 1.54) is 0 Å². The molecule has 0 radical (unpaired) electrons. The Labute approximate surface area is 118 Å². The zero-order valence-electron chi connectivity index (χ0n) is 11.2. The third-order valence-corrected chi connectivity index (χ3v) is 2.99. The number of nitrogens with one attached hydrogen (secondary N) is 1. The highest BCUT2D eigenvalue weighted by Gasteiger charge is 2.07. The second kappa shape index (κ2) is 7.79. The van der Waals surface area contributed by atoms with Crippen LogP contribution in [0.2, 0.25) is 5.02 Å². The SMILES string of the molecule is CCOC(=O)CCCNC(=O)c1ccc(C)c(Cl)c1. The first-order valence-electron chi connectivity index (χ1n) is 6.24. The molecule has 0 saturated carbocycles. The number of aryl methyl sites for hydroxylation is 1. The molecule has 0 aliphatic carbocycles. The number of esters is 1. The van der Waals surface area contributed by atoms with E-state index in [2.05, 4.69) is 5.32 Å². The van der Waals surface area contributed by atoms with Crippen LogP contribution in [0.1, 0.15) is 35.7 Å². The summed E-state index contributed by atoms with van der Waals surface area (Å²) in [6.45, 7) is 4.46. The van der Waals surface area contributed by atoms with Gasteiger partial charge in [-0.25, -0.2) is 0 Å². The molecular weight excluding hydrogens is 266 g/mol. The fourth-order valence-corrected chi connectivity index (χ4v) is 1.68. The fraction of sp³-hybridized carbons (Fsp3) is 0.429. The zero-order chi connectivity index (χ0) is 14.3. The van der Waals surface area contributed by atoms with Crippen LogP contribution in [0.4, 0.5) is 0 Å². The maximum Gasteiger partial charge on any atom is 0.305 e. The van der Waals surface area contributed by atoms with Crippen molar-refractivity contribution in [1.29, 1.82) is 0 Å². The maximum absolute atomic E-state index is 11.8. The Morgan fingerprint density at radius 3 is 2.74 bits per heavy atom. The molecule has 0 spiro atoms. The van der Waals surface area contributed by atoms with Crippen LogP contribution >= 0.6 is 11.6 Å². The lowest BCUT2D eigenvalue weighted by atomic mass is 10.1. The minimum Gasteiger partial charge on any atom is -0.466 e. The zero-order valence-corrected chi connectivity index (χ0v) is 11.9. The van der Waals surface area contributed by atoms with E-state index in [4.69, 9.17) is 16.3 Å². The van der Waals surface area contributed by atoms with Gasteiger partial charge in [0, 0.05) is 23.6 Å². The molecular formula is C14H18ClNO3. The molecule has 5 heteroatoms. The molecule has 0 bridgehead atoms. The largest absolute Gasteiger partial charge is 0.466 e. The van der Waals surface area contributed by atoms with Crippen molar-refractivity contribution in [3.63, 3.8) is 0 Å². The molecule has 1 aromatic carbocycles. The van der Waals surface area contributed by atoms with Gasteiger partial charge in [0.15, 0.2) is 0 Å². The van der Waals surface area contributed by atoms with Gasteiger partial charge in [-0.1, -0.05) is 17.7 Å². The van der Waals surface area contributed by atoms with E-state index in [0.29, 0.717) is 36.6 Å². The van der Waals surface area contributed by atoms with Crippen LogP contribution in [0.15, 0.2) is 18.2 Å². The number of carbonyl (C=O) groups is 2. The lowest BCUT2D eigenvalue weighted by molar-refractivity contribution is -0.143. The molecule has 0 aliphatic heterocycles. The van der Waals surface area contributed by atoms with Gasteiger partial charge >= 0.3 is 5.97 Å². The van der Waals surface area contributed by atoms with E-state index in [-0.39, 0.29) is 11.9 Å². The van der Waals surface area contributed by atoms with Crippen LogP contribution in [-0.2, 0) is 9.53 Å². The Bertz CT molecular complexity index is 460. The predicted molar refractivity (Wildman–Crippen MR) is 74.4 cm³/mol. The number of rotatable bonds is 6. The van der Waals surface area contributed by atoms with E-state index in [1.807, 2.05) is 6.92 Å². The van der Waals surface area contributed by atoms with Crippen molar-refractivity contribution >= 4 is 23.5 Å². The number of amides is 1. The Morgan fingerprint density at radius 2 is 2.11 bits per heavy atom. The van der Waals surface area contributed by atoms with E-state index < -0.39 is 0 Å². The first-order valence-corrected chi connectivity index (χ1v) is 6.62. The van der Waals surface area contributed by atoms with Crippen molar-refractivity contribution in [3.05, 3.63) is 34.3 Å². The molecule has 0 heterocycles.